The van der Waals surface area contributed by atoms with Crippen molar-refractivity contribution in [2.45, 2.75) is 25.7 Å². The maximum atomic E-state index is 10.6. The summed E-state index contributed by atoms with van der Waals surface area (Å²) in [5, 5.41) is 9.54. The summed E-state index contributed by atoms with van der Waals surface area (Å²) in [5.74, 6) is 0.225. The molecule has 108 valence electrons. The number of pyridine rings is 1. The molecule has 0 aromatic carbocycles. The zero-order valence-electron chi connectivity index (χ0n) is 11.9. The van der Waals surface area contributed by atoms with Gasteiger partial charge >= 0.3 is 7.40 Å². The van der Waals surface area contributed by atoms with E-state index in [0.29, 0.717) is 6.42 Å². The van der Waals surface area contributed by atoms with E-state index in [-0.39, 0.29) is 20.3 Å². The number of halogens is 1. The predicted molar refractivity (Wildman–Crippen MR) is 75.9 cm³/mol. The zero-order valence-corrected chi connectivity index (χ0v) is 12.5. The third-order valence-corrected chi connectivity index (χ3v) is 4.29. The number of carbonyl (C=O) groups is 1. The van der Waals surface area contributed by atoms with Gasteiger partial charge in [-0.05, 0) is 25.0 Å². The number of aromatic nitrogens is 2. The van der Waals surface area contributed by atoms with Crippen LogP contribution in [0.4, 0.5) is 5.82 Å². The van der Waals surface area contributed by atoms with Gasteiger partial charge in [0.1, 0.15) is 16.2 Å². The number of hydrogen-bond acceptors (Lipinski definition) is 5. The summed E-state index contributed by atoms with van der Waals surface area (Å²) in [6.07, 6.45) is 3.06. The molecule has 0 bridgehead atoms. The standard InChI is InChI=1S/C13H15N3O2S.ClH/c17-12(18)6-5-11-14-9-3-4-10(15-13(9)19-11)16-7-1-2-8-16;/h3-4H,1-2,5-8H2,(H,17,18);1H. The Morgan fingerprint density at radius 1 is 1.35 bits per heavy atom. The first-order valence-corrected chi connectivity index (χ1v) is 7.27. The number of rotatable bonds is 4. The van der Waals surface area contributed by atoms with Crippen molar-refractivity contribution in [3.8, 4) is 0 Å². The van der Waals surface area contributed by atoms with Crippen LogP contribution in [0.1, 0.15) is 25.7 Å². The van der Waals surface area contributed by atoms with Gasteiger partial charge in [0.05, 0.1) is 11.4 Å². The Balaban J connectivity index is 0.00000110. The second-order valence-corrected chi connectivity index (χ2v) is 5.75. The molecule has 1 aliphatic heterocycles. The summed E-state index contributed by atoms with van der Waals surface area (Å²) in [6, 6.07) is 3.99. The lowest BCUT2D eigenvalue weighted by molar-refractivity contribution is -0.136. The minimum Gasteiger partial charge on any atom is -1.00 e. The van der Waals surface area contributed by atoms with Crippen molar-refractivity contribution in [3.05, 3.63) is 17.1 Å². The van der Waals surface area contributed by atoms with Gasteiger partial charge in [-0.1, -0.05) is 11.3 Å². The molecule has 5 nitrogen and oxygen atoms in total. The third kappa shape index (κ3) is 3.19. The molecular formula is C13H16ClN3O2S. The fourth-order valence-electron chi connectivity index (χ4n) is 2.30. The van der Waals surface area contributed by atoms with E-state index in [1.54, 1.807) is 0 Å². The highest BCUT2D eigenvalue weighted by atomic mass is 35.5. The fraction of sp³-hybridized carbons (Fsp3) is 0.462. The molecule has 0 radical (unpaired) electrons. The van der Waals surface area contributed by atoms with E-state index in [9.17, 15) is 4.79 Å². The molecule has 3 heterocycles. The van der Waals surface area contributed by atoms with Crippen LogP contribution < -0.4 is 17.3 Å². The Kier molecular flexibility index (Phi) is 4.77. The summed E-state index contributed by atoms with van der Waals surface area (Å²) < 4.78 is 0. The molecule has 2 aromatic heterocycles. The van der Waals surface area contributed by atoms with Crippen LogP contribution in [0.3, 0.4) is 0 Å². The van der Waals surface area contributed by atoms with E-state index in [0.717, 1.165) is 34.3 Å². The first kappa shape index (κ1) is 15.0. The van der Waals surface area contributed by atoms with Gasteiger partial charge in [-0.15, -0.1) is 0 Å². The number of thiazole rings is 1. The number of carboxylic acids is 1. The molecule has 3 rings (SSSR count). The van der Waals surface area contributed by atoms with Crippen molar-refractivity contribution < 1.29 is 23.7 Å². The minimum absolute atomic E-state index is 0. The van der Waals surface area contributed by atoms with E-state index >= 15 is 0 Å². The number of fused-ring (bicyclic) bond motifs is 1. The first-order valence-electron chi connectivity index (χ1n) is 6.45. The van der Waals surface area contributed by atoms with Gasteiger partial charge in [-0.25, -0.2) is 9.97 Å². The van der Waals surface area contributed by atoms with Crippen LogP contribution in [-0.2, 0) is 11.2 Å². The molecule has 0 saturated carbocycles. The number of aliphatic carboxylic acids is 1. The highest BCUT2D eigenvalue weighted by Crippen LogP contribution is 2.25. The summed E-state index contributed by atoms with van der Waals surface area (Å²) >= 11 is 1.50. The molecule has 0 amide bonds. The lowest BCUT2D eigenvalue weighted by atomic mass is 10.3. The van der Waals surface area contributed by atoms with E-state index in [4.69, 9.17) is 5.11 Å². The van der Waals surface area contributed by atoms with Crippen LogP contribution in [0.5, 0.6) is 0 Å². The van der Waals surface area contributed by atoms with Crippen LogP contribution in [0.15, 0.2) is 12.1 Å². The van der Waals surface area contributed by atoms with E-state index in [1.165, 1.54) is 24.2 Å². The van der Waals surface area contributed by atoms with E-state index in [1.807, 2.05) is 12.1 Å². The summed E-state index contributed by atoms with van der Waals surface area (Å²) in [5.41, 5.74) is 0.869. The Morgan fingerprint density at radius 3 is 2.80 bits per heavy atom. The normalized spacial score (nSPS) is 14.5. The predicted octanol–water partition coefficient (Wildman–Crippen LogP) is -0.575. The van der Waals surface area contributed by atoms with Crippen molar-refractivity contribution in [1.82, 2.24) is 9.97 Å². The Morgan fingerprint density at radius 2 is 2.10 bits per heavy atom. The largest absolute Gasteiger partial charge is 1.00 e. The van der Waals surface area contributed by atoms with E-state index in [2.05, 4.69) is 14.9 Å². The van der Waals surface area contributed by atoms with Crippen LogP contribution in [0, 0.1) is 0 Å². The Bertz CT molecular complexity index is 616. The number of anilines is 1. The van der Waals surface area contributed by atoms with Crippen molar-refractivity contribution in [2.24, 2.45) is 0 Å². The Hall–Kier alpha value is -1.40. The lowest BCUT2D eigenvalue weighted by Crippen LogP contribution is -3.00. The van der Waals surface area contributed by atoms with Crippen molar-refractivity contribution >= 4 is 33.5 Å². The summed E-state index contributed by atoms with van der Waals surface area (Å²) in [4.78, 5) is 22.8. The van der Waals surface area contributed by atoms with Gasteiger partial charge in [0.15, 0.2) is 0 Å². The summed E-state index contributed by atoms with van der Waals surface area (Å²) in [6.45, 7) is 2.15. The molecule has 20 heavy (non-hydrogen) atoms. The molecule has 0 spiro atoms. The van der Waals surface area contributed by atoms with Crippen LogP contribution in [-0.4, -0.2) is 34.1 Å². The highest BCUT2D eigenvalue weighted by Gasteiger charge is 2.15. The van der Waals surface area contributed by atoms with Gasteiger partial charge in [-0.2, -0.15) is 0 Å². The first-order chi connectivity index (χ1) is 9.22. The smallest absolute Gasteiger partial charge is 1.00 e. The minimum atomic E-state index is -0.787. The molecule has 2 aromatic rings. The van der Waals surface area contributed by atoms with Crippen LogP contribution in [0.2, 0.25) is 0 Å². The molecule has 1 N–H and O–H groups in total. The van der Waals surface area contributed by atoms with Crippen molar-refractivity contribution in [3.63, 3.8) is 0 Å². The van der Waals surface area contributed by atoms with Crippen molar-refractivity contribution in [2.75, 3.05) is 18.0 Å². The molecule has 0 atom stereocenters. The average molecular weight is 314 g/mol. The van der Waals surface area contributed by atoms with Crippen LogP contribution in [0.25, 0.3) is 10.3 Å². The van der Waals surface area contributed by atoms with Gasteiger partial charge in [0, 0.05) is 19.5 Å². The highest BCUT2D eigenvalue weighted by molar-refractivity contribution is 7.18. The molecule has 1 aliphatic rings. The lowest BCUT2D eigenvalue weighted by Gasteiger charge is -2.15. The average Bonchev–Trinajstić information content (AvgIpc) is 3.04. The zero-order chi connectivity index (χ0) is 13.2. The molecule has 7 heteroatoms. The molecule has 0 aliphatic carbocycles. The maximum Gasteiger partial charge on any atom is 1.00 e. The SMILES string of the molecule is O=C(O)CCc1nc2ccc(N3CCCC3)nc2s1.[Cl-].[H+]. The molecular weight excluding hydrogens is 298 g/mol. The quantitative estimate of drug-likeness (QED) is 0.818. The second kappa shape index (κ2) is 6.37. The summed E-state index contributed by atoms with van der Waals surface area (Å²) in [7, 11) is 0. The topological polar surface area (TPSA) is 66.3 Å². The van der Waals surface area contributed by atoms with Gasteiger partial charge in [-0.3, -0.25) is 4.79 Å². The van der Waals surface area contributed by atoms with Gasteiger partial charge < -0.3 is 22.4 Å². The maximum absolute atomic E-state index is 10.6. The van der Waals surface area contributed by atoms with Gasteiger partial charge in [0.2, 0.25) is 0 Å². The number of nitrogens with zero attached hydrogens (tertiary/aromatic N) is 3. The van der Waals surface area contributed by atoms with Crippen LogP contribution >= 0.6 is 11.3 Å². The van der Waals surface area contributed by atoms with Gasteiger partial charge in [0.25, 0.3) is 0 Å². The fourth-order valence-corrected chi connectivity index (χ4v) is 3.22. The number of hydrogen-bond donors (Lipinski definition) is 1. The van der Waals surface area contributed by atoms with E-state index < -0.39 is 5.97 Å². The number of carboxylic acid groups (broad SMARTS) is 1. The third-order valence-electron chi connectivity index (χ3n) is 3.27. The molecule has 1 fully saturated rings. The second-order valence-electron chi connectivity index (χ2n) is 4.69. The molecule has 0 unspecified atom stereocenters. The number of aryl methyl sites for hydroxylation is 1. The molecule has 1 saturated heterocycles. The van der Waals surface area contributed by atoms with Crippen molar-refractivity contribution in [1.29, 1.82) is 0 Å². The Labute approximate surface area is 128 Å². The monoisotopic (exact) mass is 313 g/mol.